The number of aryl methyl sites for hydroxylation is 1. The van der Waals surface area contributed by atoms with Crippen molar-refractivity contribution < 1.29 is 23.8 Å². The average Bonchev–Trinajstić information content (AvgIpc) is 3.13. The molecule has 0 radical (unpaired) electrons. The van der Waals surface area contributed by atoms with Crippen molar-refractivity contribution in [1.82, 2.24) is 14.9 Å². The third kappa shape index (κ3) is 6.45. The van der Waals surface area contributed by atoms with Crippen LogP contribution >= 0.6 is 0 Å². The molecular weight excluding hydrogens is 437 g/mol. The smallest absolute Gasteiger partial charge is 0.306 e. The summed E-state index contributed by atoms with van der Waals surface area (Å²) in [7, 11) is 1.57. The fraction of sp³-hybridized carbons (Fsp3) is 0.500. The van der Waals surface area contributed by atoms with Crippen LogP contribution in [-0.2, 0) is 16.1 Å². The summed E-state index contributed by atoms with van der Waals surface area (Å²) in [6.45, 7) is 6.27. The van der Waals surface area contributed by atoms with Gasteiger partial charge in [-0.15, -0.1) is 0 Å². The van der Waals surface area contributed by atoms with E-state index < -0.39 is 11.6 Å². The molecule has 1 aromatic heterocycles. The predicted octanol–water partition coefficient (Wildman–Crippen LogP) is 3.78. The average molecular weight is 470 g/mol. The molecule has 2 N–H and O–H groups in total. The largest absolute Gasteiger partial charge is 0.481 e. The molecule has 0 bridgehead atoms. The number of carboxylic acid groups (broad SMARTS) is 1. The second-order valence-corrected chi connectivity index (χ2v) is 9.30. The summed E-state index contributed by atoms with van der Waals surface area (Å²) in [5, 5.41) is 12.2. The number of rotatable bonds is 7. The molecule has 0 spiro atoms. The molecule has 8 heteroatoms. The molecule has 1 fully saturated rings. The van der Waals surface area contributed by atoms with E-state index in [-0.39, 0.29) is 23.6 Å². The van der Waals surface area contributed by atoms with Crippen LogP contribution in [0.3, 0.4) is 0 Å². The molecule has 1 aromatic carbocycles. The van der Waals surface area contributed by atoms with Gasteiger partial charge in [-0.1, -0.05) is 18.1 Å². The first-order valence-corrected chi connectivity index (χ1v) is 11.5. The maximum Gasteiger partial charge on any atom is 0.306 e. The van der Waals surface area contributed by atoms with Crippen LogP contribution in [0.5, 0.6) is 0 Å². The minimum absolute atomic E-state index is 0.232. The molecule has 182 valence electrons. The number of nitrogens with one attached hydrogen (secondary N) is 1. The Morgan fingerprint density at radius 1 is 1.24 bits per heavy atom. The zero-order valence-electron chi connectivity index (χ0n) is 20.2. The van der Waals surface area contributed by atoms with E-state index in [0.717, 1.165) is 18.4 Å². The molecule has 34 heavy (non-hydrogen) atoms. The Morgan fingerprint density at radius 2 is 1.88 bits per heavy atom. The van der Waals surface area contributed by atoms with Gasteiger partial charge in [0.25, 0.3) is 5.91 Å². The highest BCUT2D eigenvalue weighted by atomic mass is 19.1. The van der Waals surface area contributed by atoms with Crippen molar-refractivity contribution in [1.29, 1.82) is 0 Å². The highest BCUT2D eigenvalue weighted by Crippen LogP contribution is 2.28. The standard InChI is InChI=1S/C26H32FN3O4/c1-17-29-22(13-14-26(2,3)34-4)23(30(17)16-19-7-11-21(27)12-8-19)24(31)28-15-18-5-9-20(10-6-18)25(32)33/h7-8,11-12,18,20H,5-6,9-10,15-16H2,1-4H3,(H,28,31)(H,32,33). The van der Waals surface area contributed by atoms with Crippen LogP contribution in [0.4, 0.5) is 4.39 Å². The molecule has 3 rings (SSSR count). The molecule has 0 saturated heterocycles. The molecule has 1 saturated carbocycles. The second-order valence-electron chi connectivity index (χ2n) is 9.30. The first-order valence-electron chi connectivity index (χ1n) is 11.5. The Labute approximate surface area is 199 Å². The van der Waals surface area contributed by atoms with Gasteiger partial charge in [0.2, 0.25) is 0 Å². The number of aliphatic carboxylic acids is 1. The van der Waals surface area contributed by atoms with E-state index in [1.165, 1.54) is 12.1 Å². The topological polar surface area (TPSA) is 93.5 Å². The number of methoxy groups -OCH3 is 1. The SMILES string of the molecule is COC(C)(C)C#Cc1nc(C)n(Cc2ccc(F)cc2)c1C(=O)NCC1CCC(C(=O)O)CC1. The summed E-state index contributed by atoms with van der Waals surface area (Å²) >= 11 is 0. The number of carbonyl (C=O) groups is 2. The number of halogens is 1. The van der Waals surface area contributed by atoms with Gasteiger partial charge in [-0.25, -0.2) is 9.37 Å². The molecule has 1 aliphatic carbocycles. The zero-order chi connectivity index (χ0) is 24.9. The summed E-state index contributed by atoms with van der Waals surface area (Å²) < 4.78 is 20.5. The van der Waals surface area contributed by atoms with Crippen molar-refractivity contribution in [3.8, 4) is 11.8 Å². The molecular formula is C26H32FN3O4. The monoisotopic (exact) mass is 469 g/mol. The summed E-state index contributed by atoms with van der Waals surface area (Å²) in [6.07, 6.45) is 2.78. The Kier molecular flexibility index (Phi) is 8.11. The van der Waals surface area contributed by atoms with Gasteiger partial charge < -0.3 is 19.7 Å². The van der Waals surface area contributed by atoms with Crippen molar-refractivity contribution in [3.05, 3.63) is 52.9 Å². The van der Waals surface area contributed by atoms with E-state index in [9.17, 15) is 19.1 Å². The molecule has 2 aromatic rings. The Morgan fingerprint density at radius 3 is 2.47 bits per heavy atom. The lowest BCUT2D eigenvalue weighted by molar-refractivity contribution is -0.143. The number of hydrogen-bond acceptors (Lipinski definition) is 4. The second kappa shape index (κ2) is 10.8. The summed E-state index contributed by atoms with van der Waals surface area (Å²) in [6, 6.07) is 6.13. The van der Waals surface area contributed by atoms with Gasteiger partial charge in [-0.3, -0.25) is 9.59 Å². The number of hydrogen-bond donors (Lipinski definition) is 2. The van der Waals surface area contributed by atoms with Crippen molar-refractivity contribution in [2.24, 2.45) is 11.8 Å². The van der Waals surface area contributed by atoms with Crippen LogP contribution < -0.4 is 5.32 Å². The van der Waals surface area contributed by atoms with E-state index >= 15 is 0 Å². The summed E-state index contributed by atoms with van der Waals surface area (Å²) in [5.41, 5.74) is 0.836. The first kappa shape index (κ1) is 25.4. The normalized spacial score (nSPS) is 18.1. The number of benzene rings is 1. The van der Waals surface area contributed by atoms with Crippen molar-refractivity contribution in [2.45, 2.75) is 58.6 Å². The van der Waals surface area contributed by atoms with Gasteiger partial charge in [0.05, 0.1) is 5.92 Å². The van der Waals surface area contributed by atoms with Crippen LogP contribution in [0.15, 0.2) is 24.3 Å². The fourth-order valence-corrected chi connectivity index (χ4v) is 4.04. The number of ether oxygens (including phenoxy) is 1. The lowest BCUT2D eigenvalue weighted by atomic mass is 9.82. The van der Waals surface area contributed by atoms with E-state index in [2.05, 4.69) is 22.1 Å². The van der Waals surface area contributed by atoms with Crippen LogP contribution in [0.2, 0.25) is 0 Å². The van der Waals surface area contributed by atoms with Gasteiger partial charge in [0, 0.05) is 20.2 Å². The molecule has 7 nitrogen and oxygen atoms in total. The number of carboxylic acids is 1. The van der Waals surface area contributed by atoms with Crippen LogP contribution in [0.1, 0.15) is 67.1 Å². The van der Waals surface area contributed by atoms with E-state index in [1.807, 2.05) is 13.8 Å². The van der Waals surface area contributed by atoms with Gasteiger partial charge in [0.15, 0.2) is 0 Å². The fourth-order valence-electron chi connectivity index (χ4n) is 4.04. The van der Waals surface area contributed by atoms with Crippen LogP contribution in [0, 0.1) is 36.4 Å². The third-order valence-corrected chi connectivity index (χ3v) is 6.37. The molecule has 1 heterocycles. The van der Waals surface area contributed by atoms with Crippen molar-refractivity contribution >= 4 is 11.9 Å². The lowest BCUT2D eigenvalue weighted by Gasteiger charge is -2.26. The van der Waals surface area contributed by atoms with Crippen LogP contribution in [0.25, 0.3) is 0 Å². The van der Waals surface area contributed by atoms with Crippen molar-refractivity contribution in [2.75, 3.05) is 13.7 Å². The zero-order valence-corrected chi connectivity index (χ0v) is 20.2. The number of imidazole rings is 1. The molecule has 1 amide bonds. The minimum Gasteiger partial charge on any atom is -0.481 e. The molecule has 0 aliphatic heterocycles. The van der Waals surface area contributed by atoms with Gasteiger partial charge in [0.1, 0.15) is 28.6 Å². The lowest BCUT2D eigenvalue weighted by Crippen LogP contribution is -2.34. The maximum atomic E-state index is 13.4. The maximum absolute atomic E-state index is 13.4. The van der Waals surface area contributed by atoms with Gasteiger partial charge in [-0.2, -0.15) is 0 Å². The van der Waals surface area contributed by atoms with E-state index in [1.54, 1.807) is 30.7 Å². The predicted molar refractivity (Wildman–Crippen MR) is 126 cm³/mol. The highest BCUT2D eigenvalue weighted by Gasteiger charge is 2.27. The summed E-state index contributed by atoms with van der Waals surface area (Å²) in [5.74, 6) is 5.23. The number of aromatic nitrogens is 2. The first-order chi connectivity index (χ1) is 16.1. The number of amides is 1. The van der Waals surface area contributed by atoms with E-state index in [0.29, 0.717) is 43.1 Å². The Hall–Kier alpha value is -3.18. The van der Waals surface area contributed by atoms with Crippen molar-refractivity contribution in [3.63, 3.8) is 0 Å². The summed E-state index contributed by atoms with van der Waals surface area (Å²) in [4.78, 5) is 29.1. The highest BCUT2D eigenvalue weighted by molar-refractivity contribution is 5.95. The van der Waals surface area contributed by atoms with Gasteiger partial charge in [-0.05, 0) is 76.0 Å². The number of nitrogens with zero attached hydrogens (tertiary/aromatic N) is 2. The molecule has 0 atom stereocenters. The minimum atomic E-state index is -0.746. The molecule has 1 aliphatic rings. The number of carbonyl (C=O) groups excluding carboxylic acids is 1. The van der Waals surface area contributed by atoms with E-state index in [4.69, 9.17) is 4.74 Å². The quantitative estimate of drug-likeness (QED) is 0.602. The van der Waals surface area contributed by atoms with Gasteiger partial charge >= 0.3 is 5.97 Å². The van der Waals surface area contributed by atoms with Crippen LogP contribution in [-0.4, -0.2) is 45.8 Å². The third-order valence-electron chi connectivity index (χ3n) is 6.37. The Balaban J connectivity index is 1.83. The Bertz CT molecular complexity index is 1090. The molecule has 0 unspecified atom stereocenters.